The van der Waals surface area contributed by atoms with E-state index in [-0.39, 0.29) is 22.2 Å². The fourth-order valence-electron chi connectivity index (χ4n) is 1.86. The summed E-state index contributed by atoms with van der Waals surface area (Å²) in [6.45, 7) is 0. The third-order valence-corrected chi connectivity index (χ3v) is 3.97. The van der Waals surface area contributed by atoms with Crippen LogP contribution in [0.15, 0.2) is 18.2 Å². The molecule has 2 N–H and O–H groups in total. The van der Waals surface area contributed by atoms with Crippen LogP contribution < -0.4 is 5.32 Å². The van der Waals surface area contributed by atoms with Gasteiger partial charge < -0.3 is 10.4 Å². The molecular weight excluding hydrogens is 261 g/mol. The number of phenols is 1. The Hall–Kier alpha value is -0.930. The zero-order valence-corrected chi connectivity index (χ0v) is 10.7. The number of benzene rings is 1. The molecule has 1 saturated carbocycles. The smallest absolute Gasteiger partial charge is 0.251 e. The lowest BCUT2D eigenvalue weighted by Crippen LogP contribution is -2.55. The van der Waals surface area contributed by atoms with Gasteiger partial charge in [0, 0.05) is 11.4 Å². The number of phenolic OH excluding ortho intramolecular Hbond substituents is 1. The van der Waals surface area contributed by atoms with Crippen LogP contribution in [0.4, 0.5) is 0 Å². The number of nitrogens with one attached hydrogen (secondary N) is 1. The van der Waals surface area contributed by atoms with Crippen molar-refractivity contribution in [1.82, 2.24) is 5.32 Å². The summed E-state index contributed by atoms with van der Waals surface area (Å²) in [5, 5.41) is 12.4. The molecular formula is C12H13Cl2NO2. The molecule has 1 aromatic rings. The van der Waals surface area contributed by atoms with Gasteiger partial charge in [-0.3, -0.25) is 4.79 Å². The summed E-state index contributed by atoms with van der Waals surface area (Å²) in [7, 11) is 0. The zero-order valence-electron chi connectivity index (χ0n) is 9.17. The first-order valence-corrected chi connectivity index (χ1v) is 6.35. The van der Waals surface area contributed by atoms with Gasteiger partial charge in [0.25, 0.3) is 5.91 Å². The van der Waals surface area contributed by atoms with Gasteiger partial charge in [-0.2, -0.15) is 0 Å². The molecule has 0 unspecified atom stereocenters. The molecule has 1 aliphatic rings. The predicted molar refractivity (Wildman–Crippen MR) is 67.9 cm³/mol. The number of hydrogen-bond donors (Lipinski definition) is 2. The van der Waals surface area contributed by atoms with E-state index in [1.807, 2.05) is 0 Å². The Labute approximate surface area is 110 Å². The molecule has 3 nitrogen and oxygen atoms in total. The van der Waals surface area contributed by atoms with Gasteiger partial charge in [0.05, 0.1) is 10.6 Å². The van der Waals surface area contributed by atoms with Crippen LogP contribution in [0.3, 0.4) is 0 Å². The van der Waals surface area contributed by atoms with Crippen LogP contribution >= 0.6 is 23.2 Å². The lowest BCUT2D eigenvalue weighted by molar-refractivity contribution is 0.0854. The highest BCUT2D eigenvalue weighted by Gasteiger charge is 2.37. The molecule has 1 aliphatic carbocycles. The van der Waals surface area contributed by atoms with E-state index >= 15 is 0 Å². The minimum atomic E-state index is -0.261. The lowest BCUT2D eigenvalue weighted by Gasteiger charge is -2.41. The Bertz CT molecular complexity index is 439. The van der Waals surface area contributed by atoms with Crippen LogP contribution in [-0.4, -0.2) is 22.4 Å². The van der Waals surface area contributed by atoms with E-state index in [0.717, 1.165) is 19.3 Å². The molecule has 17 heavy (non-hydrogen) atoms. The lowest BCUT2D eigenvalue weighted by atomic mass is 9.78. The number of carbonyl (C=O) groups is 1. The van der Waals surface area contributed by atoms with Crippen molar-refractivity contribution in [2.75, 3.05) is 5.88 Å². The van der Waals surface area contributed by atoms with Crippen LogP contribution in [-0.2, 0) is 0 Å². The molecule has 1 aromatic carbocycles. The Morgan fingerprint density at radius 1 is 1.47 bits per heavy atom. The summed E-state index contributed by atoms with van der Waals surface area (Å²) in [5.74, 6) is 0.191. The summed E-state index contributed by atoms with van der Waals surface area (Å²) in [4.78, 5) is 12.0. The van der Waals surface area contributed by atoms with Crippen molar-refractivity contribution in [2.24, 2.45) is 0 Å². The second kappa shape index (κ2) is 4.75. The third-order valence-electron chi connectivity index (χ3n) is 3.16. The van der Waals surface area contributed by atoms with E-state index in [1.54, 1.807) is 0 Å². The zero-order chi connectivity index (χ0) is 12.5. The van der Waals surface area contributed by atoms with Gasteiger partial charge in [-0.05, 0) is 37.5 Å². The van der Waals surface area contributed by atoms with E-state index in [9.17, 15) is 9.90 Å². The highest BCUT2D eigenvalue weighted by atomic mass is 35.5. The van der Waals surface area contributed by atoms with Crippen LogP contribution in [0.25, 0.3) is 0 Å². The SMILES string of the molecule is O=C(NC1(CCl)CCC1)c1ccc(O)c(Cl)c1. The van der Waals surface area contributed by atoms with Crippen LogP contribution in [0.2, 0.25) is 5.02 Å². The highest BCUT2D eigenvalue weighted by Crippen LogP contribution is 2.33. The van der Waals surface area contributed by atoms with Crippen LogP contribution in [0, 0.1) is 0 Å². The molecule has 1 fully saturated rings. The largest absolute Gasteiger partial charge is 0.506 e. The van der Waals surface area contributed by atoms with Crippen LogP contribution in [0.1, 0.15) is 29.6 Å². The molecule has 0 aromatic heterocycles. The van der Waals surface area contributed by atoms with Crippen molar-refractivity contribution < 1.29 is 9.90 Å². The van der Waals surface area contributed by atoms with Gasteiger partial charge in [0.1, 0.15) is 5.75 Å². The van der Waals surface area contributed by atoms with Crippen molar-refractivity contribution in [1.29, 1.82) is 0 Å². The maximum absolute atomic E-state index is 12.0. The summed E-state index contributed by atoms with van der Waals surface area (Å²) in [6.07, 6.45) is 2.91. The first kappa shape index (κ1) is 12.5. The van der Waals surface area contributed by atoms with Crippen molar-refractivity contribution >= 4 is 29.1 Å². The second-order valence-electron chi connectivity index (χ2n) is 4.39. The maximum Gasteiger partial charge on any atom is 0.251 e. The van der Waals surface area contributed by atoms with Gasteiger partial charge in [-0.1, -0.05) is 11.6 Å². The molecule has 92 valence electrons. The van der Waals surface area contributed by atoms with Crippen molar-refractivity contribution in [2.45, 2.75) is 24.8 Å². The molecule has 0 aliphatic heterocycles. The van der Waals surface area contributed by atoms with E-state index in [1.165, 1.54) is 18.2 Å². The quantitative estimate of drug-likeness (QED) is 0.832. The minimum absolute atomic E-state index is 0.0288. The Balaban J connectivity index is 2.11. The molecule has 2 rings (SSSR count). The number of aromatic hydroxyl groups is 1. The van der Waals surface area contributed by atoms with Crippen molar-refractivity contribution in [3.63, 3.8) is 0 Å². The number of alkyl halides is 1. The number of carbonyl (C=O) groups excluding carboxylic acids is 1. The van der Waals surface area contributed by atoms with E-state index in [0.29, 0.717) is 11.4 Å². The van der Waals surface area contributed by atoms with Gasteiger partial charge in [-0.15, -0.1) is 11.6 Å². The summed E-state index contributed by atoms with van der Waals surface area (Å²) in [6, 6.07) is 4.40. The topological polar surface area (TPSA) is 49.3 Å². The summed E-state index contributed by atoms with van der Waals surface area (Å²) < 4.78 is 0. The minimum Gasteiger partial charge on any atom is -0.506 e. The standard InChI is InChI=1S/C12H13Cl2NO2/c13-7-12(4-1-5-12)15-11(17)8-2-3-10(16)9(14)6-8/h2-3,6,16H,1,4-5,7H2,(H,15,17). The fourth-order valence-corrected chi connectivity index (χ4v) is 2.37. The predicted octanol–water partition coefficient (Wildman–Crippen LogP) is 2.94. The first-order valence-electron chi connectivity index (χ1n) is 5.43. The average molecular weight is 274 g/mol. The Morgan fingerprint density at radius 2 is 2.18 bits per heavy atom. The molecule has 0 spiro atoms. The number of hydrogen-bond acceptors (Lipinski definition) is 2. The fraction of sp³-hybridized carbons (Fsp3) is 0.417. The maximum atomic E-state index is 12.0. The number of halogens is 2. The third kappa shape index (κ3) is 2.50. The van der Waals surface area contributed by atoms with E-state index < -0.39 is 0 Å². The molecule has 0 saturated heterocycles. The first-order chi connectivity index (χ1) is 8.06. The highest BCUT2D eigenvalue weighted by molar-refractivity contribution is 6.32. The molecule has 5 heteroatoms. The molecule has 0 atom stereocenters. The van der Waals surface area contributed by atoms with Crippen molar-refractivity contribution in [3.8, 4) is 5.75 Å². The van der Waals surface area contributed by atoms with Gasteiger partial charge in [0.15, 0.2) is 0 Å². The Kier molecular flexibility index (Phi) is 3.50. The molecule has 1 amide bonds. The average Bonchev–Trinajstić information content (AvgIpc) is 2.27. The van der Waals surface area contributed by atoms with E-state index in [4.69, 9.17) is 23.2 Å². The molecule has 0 bridgehead atoms. The Morgan fingerprint density at radius 3 is 2.65 bits per heavy atom. The molecule has 0 heterocycles. The summed E-state index contributed by atoms with van der Waals surface area (Å²) >= 11 is 11.6. The van der Waals surface area contributed by atoms with Crippen molar-refractivity contribution in [3.05, 3.63) is 28.8 Å². The summed E-state index contributed by atoms with van der Waals surface area (Å²) in [5.41, 5.74) is 0.174. The van der Waals surface area contributed by atoms with Gasteiger partial charge in [-0.25, -0.2) is 0 Å². The second-order valence-corrected chi connectivity index (χ2v) is 5.06. The normalized spacial score (nSPS) is 17.3. The van der Waals surface area contributed by atoms with Gasteiger partial charge >= 0.3 is 0 Å². The number of amides is 1. The van der Waals surface area contributed by atoms with Gasteiger partial charge in [0.2, 0.25) is 0 Å². The molecule has 0 radical (unpaired) electrons. The number of rotatable bonds is 3. The van der Waals surface area contributed by atoms with Crippen LogP contribution in [0.5, 0.6) is 5.75 Å². The monoisotopic (exact) mass is 273 g/mol. The van der Waals surface area contributed by atoms with E-state index in [2.05, 4.69) is 5.32 Å².